The molecule has 1 rings (SSSR count). The van der Waals surface area contributed by atoms with Crippen LogP contribution in [-0.2, 0) is 4.74 Å². The maximum atomic E-state index is 5.44. The lowest BCUT2D eigenvalue weighted by atomic mass is 10.6. The summed E-state index contributed by atoms with van der Waals surface area (Å²) in [4.78, 5) is 3.89. The van der Waals surface area contributed by atoms with Gasteiger partial charge in [0.25, 0.3) is 0 Å². The van der Waals surface area contributed by atoms with Crippen LogP contribution < -0.4 is 0 Å². The zero-order chi connectivity index (χ0) is 5.11. The summed E-state index contributed by atoms with van der Waals surface area (Å²) in [6.45, 7) is 1.94. The van der Waals surface area contributed by atoms with E-state index >= 15 is 0 Å². The summed E-state index contributed by atoms with van der Waals surface area (Å²) in [5, 5.41) is 0.589. The van der Waals surface area contributed by atoms with E-state index in [-0.39, 0.29) is 0 Å². The summed E-state index contributed by atoms with van der Waals surface area (Å²) in [7, 11) is 0. The summed E-state index contributed by atoms with van der Waals surface area (Å²) >= 11 is 5.44. The van der Waals surface area contributed by atoms with Crippen LogP contribution in [0.5, 0.6) is 0 Å². The molecule has 1 heterocycles. The number of nitrogens with zero attached hydrogens (tertiary/aromatic N) is 1. The molecular formula is C4H6ClNO. The molecule has 2 nitrogen and oxygen atoms in total. The van der Waals surface area contributed by atoms with Crippen molar-refractivity contribution >= 4 is 16.8 Å². The fraction of sp³-hybridized carbons (Fsp3) is 0.750. The summed E-state index contributed by atoms with van der Waals surface area (Å²) in [6.07, 6.45) is 0. The Hall–Kier alpha value is -0.0800. The third-order valence-electron chi connectivity index (χ3n) is 0.740. The molecule has 0 aromatic rings. The molecule has 40 valence electrons. The van der Waals surface area contributed by atoms with E-state index in [2.05, 4.69) is 4.99 Å². The van der Waals surface area contributed by atoms with Gasteiger partial charge in [0.1, 0.15) is 5.17 Å². The van der Waals surface area contributed by atoms with Crippen LogP contribution in [-0.4, -0.2) is 24.9 Å². The van der Waals surface area contributed by atoms with Crippen LogP contribution in [0, 0.1) is 0 Å². The molecule has 0 amide bonds. The molecule has 1 aliphatic heterocycles. The Morgan fingerprint density at radius 3 is 2.86 bits per heavy atom. The van der Waals surface area contributed by atoms with Gasteiger partial charge in [-0.1, -0.05) is 11.6 Å². The topological polar surface area (TPSA) is 21.6 Å². The minimum Gasteiger partial charge on any atom is -0.372 e. The molecule has 0 aromatic carbocycles. The molecule has 0 saturated carbocycles. The largest absolute Gasteiger partial charge is 0.372 e. The normalized spacial score (nSPS) is 21.6. The van der Waals surface area contributed by atoms with E-state index in [0.717, 1.165) is 13.2 Å². The third-order valence-corrected chi connectivity index (χ3v) is 0.969. The Morgan fingerprint density at radius 2 is 2.57 bits per heavy atom. The number of rotatable bonds is 0. The Kier molecular flexibility index (Phi) is 1.65. The quantitative estimate of drug-likeness (QED) is 0.459. The molecule has 0 spiro atoms. The standard InChI is InChI=1S/C4H6ClNO/c5-4-3-7-2-1-6-4/h1-3H2. The summed E-state index contributed by atoms with van der Waals surface area (Å²) in [6, 6.07) is 0. The van der Waals surface area contributed by atoms with Crippen molar-refractivity contribution in [2.45, 2.75) is 0 Å². The maximum Gasteiger partial charge on any atom is 0.126 e. The molecule has 0 atom stereocenters. The van der Waals surface area contributed by atoms with Gasteiger partial charge in [-0.3, -0.25) is 4.99 Å². The highest BCUT2D eigenvalue weighted by Crippen LogP contribution is 1.93. The highest BCUT2D eigenvalue weighted by Gasteiger charge is 1.98. The van der Waals surface area contributed by atoms with Gasteiger partial charge in [0.15, 0.2) is 0 Å². The first kappa shape index (κ1) is 5.06. The van der Waals surface area contributed by atoms with E-state index in [9.17, 15) is 0 Å². The van der Waals surface area contributed by atoms with Gasteiger partial charge in [0.2, 0.25) is 0 Å². The highest BCUT2D eigenvalue weighted by atomic mass is 35.5. The number of halogens is 1. The van der Waals surface area contributed by atoms with Gasteiger partial charge in [-0.25, -0.2) is 0 Å². The first-order valence-corrected chi connectivity index (χ1v) is 2.54. The zero-order valence-corrected chi connectivity index (χ0v) is 4.61. The molecule has 0 bridgehead atoms. The van der Waals surface area contributed by atoms with Gasteiger partial charge < -0.3 is 4.74 Å². The van der Waals surface area contributed by atoms with E-state index in [0.29, 0.717) is 11.8 Å². The summed E-state index contributed by atoms with van der Waals surface area (Å²) < 4.78 is 4.92. The van der Waals surface area contributed by atoms with Crippen LogP contribution in [0.2, 0.25) is 0 Å². The van der Waals surface area contributed by atoms with Gasteiger partial charge in [0.05, 0.1) is 19.8 Å². The molecule has 0 unspecified atom stereocenters. The monoisotopic (exact) mass is 119 g/mol. The number of ether oxygens (including phenoxy) is 1. The second-order valence-corrected chi connectivity index (χ2v) is 1.75. The van der Waals surface area contributed by atoms with Crippen molar-refractivity contribution in [3.05, 3.63) is 0 Å². The molecule has 7 heavy (non-hydrogen) atoms. The zero-order valence-electron chi connectivity index (χ0n) is 3.85. The van der Waals surface area contributed by atoms with Gasteiger partial charge >= 0.3 is 0 Å². The predicted molar refractivity (Wildman–Crippen MR) is 29.0 cm³/mol. The maximum absolute atomic E-state index is 5.44. The SMILES string of the molecule is ClC1=NCCOC1. The van der Waals surface area contributed by atoms with Crippen LogP contribution in [0.15, 0.2) is 4.99 Å². The molecule has 1 aliphatic rings. The van der Waals surface area contributed by atoms with Crippen LogP contribution in [0.4, 0.5) is 0 Å². The lowest BCUT2D eigenvalue weighted by Gasteiger charge is -2.05. The molecule has 0 aliphatic carbocycles. The van der Waals surface area contributed by atoms with Crippen LogP contribution in [0.1, 0.15) is 0 Å². The van der Waals surface area contributed by atoms with E-state index < -0.39 is 0 Å². The van der Waals surface area contributed by atoms with E-state index in [4.69, 9.17) is 16.3 Å². The smallest absolute Gasteiger partial charge is 0.126 e. The fourth-order valence-corrected chi connectivity index (χ4v) is 0.595. The van der Waals surface area contributed by atoms with Crippen LogP contribution in [0.3, 0.4) is 0 Å². The van der Waals surface area contributed by atoms with Crippen molar-refractivity contribution in [2.24, 2.45) is 4.99 Å². The van der Waals surface area contributed by atoms with Crippen LogP contribution in [0.25, 0.3) is 0 Å². The summed E-state index contributed by atoms with van der Waals surface area (Å²) in [5.41, 5.74) is 0. The van der Waals surface area contributed by atoms with Crippen molar-refractivity contribution in [3.63, 3.8) is 0 Å². The minimum absolute atomic E-state index is 0.502. The molecule has 0 N–H and O–H groups in total. The van der Waals surface area contributed by atoms with Crippen molar-refractivity contribution < 1.29 is 4.74 Å². The lowest BCUT2D eigenvalue weighted by Crippen LogP contribution is -2.12. The Morgan fingerprint density at radius 1 is 1.71 bits per heavy atom. The Bertz CT molecular complexity index is 91.7. The van der Waals surface area contributed by atoms with E-state index in [1.165, 1.54) is 0 Å². The molecule has 0 aromatic heterocycles. The van der Waals surface area contributed by atoms with Crippen LogP contribution >= 0.6 is 11.6 Å². The van der Waals surface area contributed by atoms with Gasteiger partial charge in [-0.2, -0.15) is 0 Å². The Balaban J connectivity index is 2.40. The highest BCUT2D eigenvalue weighted by molar-refractivity contribution is 6.65. The lowest BCUT2D eigenvalue weighted by molar-refractivity contribution is 0.173. The molecular weight excluding hydrogens is 114 g/mol. The predicted octanol–water partition coefficient (Wildman–Crippen LogP) is 0.654. The van der Waals surface area contributed by atoms with E-state index in [1.54, 1.807) is 0 Å². The average molecular weight is 120 g/mol. The molecule has 3 heteroatoms. The number of aliphatic imine (C=N–C) groups is 1. The van der Waals surface area contributed by atoms with Gasteiger partial charge in [-0.15, -0.1) is 0 Å². The van der Waals surface area contributed by atoms with Crippen molar-refractivity contribution in [3.8, 4) is 0 Å². The van der Waals surface area contributed by atoms with Crippen molar-refractivity contribution in [1.29, 1.82) is 0 Å². The molecule has 0 saturated heterocycles. The second-order valence-electron chi connectivity index (χ2n) is 1.31. The van der Waals surface area contributed by atoms with Crippen molar-refractivity contribution in [1.82, 2.24) is 0 Å². The minimum atomic E-state index is 0.502. The average Bonchev–Trinajstić information content (AvgIpc) is 1.69. The van der Waals surface area contributed by atoms with Gasteiger partial charge in [0, 0.05) is 0 Å². The van der Waals surface area contributed by atoms with E-state index in [1.807, 2.05) is 0 Å². The fourth-order valence-electron chi connectivity index (χ4n) is 0.434. The first-order chi connectivity index (χ1) is 3.39. The molecule has 0 fully saturated rings. The first-order valence-electron chi connectivity index (χ1n) is 2.16. The summed E-state index contributed by atoms with van der Waals surface area (Å²) in [5.74, 6) is 0. The second kappa shape index (κ2) is 2.28. The van der Waals surface area contributed by atoms with Gasteiger partial charge in [-0.05, 0) is 0 Å². The third kappa shape index (κ3) is 1.45. The number of hydrogen-bond acceptors (Lipinski definition) is 2. The number of hydrogen-bond donors (Lipinski definition) is 0. The molecule has 0 radical (unpaired) electrons. The van der Waals surface area contributed by atoms with Crippen molar-refractivity contribution in [2.75, 3.05) is 19.8 Å². The Labute approximate surface area is 47.1 Å².